The summed E-state index contributed by atoms with van der Waals surface area (Å²) in [4.78, 5) is 24.0. The van der Waals surface area contributed by atoms with Crippen molar-refractivity contribution in [2.24, 2.45) is 5.41 Å². The number of aromatic carboxylic acids is 1. The molecule has 2 N–H and O–H groups in total. The molecule has 0 saturated heterocycles. The van der Waals surface area contributed by atoms with Gasteiger partial charge >= 0.3 is 5.97 Å². The molecule has 0 bridgehead atoms. The van der Waals surface area contributed by atoms with Crippen LogP contribution in [0.4, 0.5) is 14.5 Å². The van der Waals surface area contributed by atoms with Gasteiger partial charge in [-0.1, -0.05) is 37.6 Å². The second-order valence-corrected chi connectivity index (χ2v) is 9.40. The number of carbonyl (C=O) groups is 2. The fourth-order valence-electron chi connectivity index (χ4n) is 4.39. The third kappa shape index (κ3) is 4.62. The van der Waals surface area contributed by atoms with Crippen molar-refractivity contribution in [1.82, 2.24) is 0 Å². The smallest absolute Gasteiger partial charge is 0.335 e. The Morgan fingerprint density at radius 2 is 1.85 bits per heavy atom. The van der Waals surface area contributed by atoms with Crippen LogP contribution in [0.5, 0.6) is 0 Å². The monoisotopic (exact) mass is 469 g/mol. The first kappa shape index (κ1) is 22.9. The minimum atomic E-state index is -0.980. The van der Waals surface area contributed by atoms with Gasteiger partial charge in [0.25, 0.3) is 0 Å². The zero-order chi connectivity index (χ0) is 23.9. The number of anilines is 1. The largest absolute Gasteiger partial charge is 0.478 e. The van der Waals surface area contributed by atoms with Gasteiger partial charge in [-0.05, 0) is 71.0 Å². The third-order valence-electron chi connectivity index (χ3n) is 6.07. The summed E-state index contributed by atoms with van der Waals surface area (Å²) in [5.41, 5.74) is 2.81. The molecule has 0 amide bonds. The number of fused-ring (bicyclic) bond motifs is 1. The molecule has 1 aliphatic heterocycles. The van der Waals surface area contributed by atoms with Crippen LogP contribution in [0.25, 0.3) is 0 Å². The molecule has 0 radical (unpaired) electrons. The average molecular weight is 470 g/mol. The SMILES string of the molecule is CC1(C)Cc2cc(C(=O)O)ccc2NC1c1ccc(F)c(CC(=O)c2ccc(F)cc2Cl)c1. The highest BCUT2D eigenvalue weighted by atomic mass is 35.5. The van der Waals surface area contributed by atoms with Gasteiger partial charge in [0.2, 0.25) is 0 Å². The van der Waals surface area contributed by atoms with Crippen LogP contribution in [0.2, 0.25) is 5.02 Å². The van der Waals surface area contributed by atoms with Crippen molar-refractivity contribution >= 4 is 29.0 Å². The van der Waals surface area contributed by atoms with Gasteiger partial charge in [-0.15, -0.1) is 0 Å². The van der Waals surface area contributed by atoms with Crippen molar-refractivity contribution in [3.05, 3.63) is 99.1 Å². The molecule has 33 heavy (non-hydrogen) atoms. The second-order valence-electron chi connectivity index (χ2n) is 8.99. The quantitative estimate of drug-likeness (QED) is 0.420. The van der Waals surface area contributed by atoms with E-state index in [1.165, 1.54) is 12.1 Å². The Balaban J connectivity index is 1.64. The molecule has 1 unspecified atom stereocenters. The predicted molar refractivity (Wildman–Crippen MR) is 123 cm³/mol. The first-order valence-corrected chi connectivity index (χ1v) is 10.8. The number of rotatable bonds is 5. The molecular formula is C26H22ClF2NO3. The molecule has 0 aliphatic carbocycles. The lowest BCUT2D eigenvalue weighted by atomic mass is 9.72. The molecule has 0 saturated carbocycles. The normalized spacial score (nSPS) is 16.6. The van der Waals surface area contributed by atoms with Crippen LogP contribution in [0.3, 0.4) is 0 Å². The van der Waals surface area contributed by atoms with E-state index in [2.05, 4.69) is 5.32 Å². The first-order valence-electron chi connectivity index (χ1n) is 10.4. The Kier molecular flexibility index (Phi) is 5.97. The number of hydrogen-bond donors (Lipinski definition) is 2. The molecule has 1 heterocycles. The van der Waals surface area contributed by atoms with Gasteiger partial charge in [0.15, 0.2) is 5.78 Å². The first-order chi connectivity index (χ1) is 15.5. The molecule has 1 aliphatic rings. The third-order valence-corrected chi connectivity index (χ3v) is 6.38. The van der Waals surface area contributed by atoms with E-state index in [0.29, 0.717) is 6.42 Å². The van der Waals surface area contributed by atoms with E-state index in [9.17, 15) is 23.5 Å². The molecule has 7 heteroatoms. The van der Waals surface area contributed by atoms with E-state index in [1.54, 1.807) is 30.3 Å². The van der Waals surface area contributed by atoms with E-state index in [-0.39, 0.29) is 39.6 Å². The molecule has 4 nitrogen and oxygen atoms in total. The summed E-state index contributed by atoms with van der Waals surface area (Å²) in [5, 5.41) is 12.7. The average Bonchev–Trinajstić information content (AvgIpc) is 2.73. The summed E-state index contributed by atoms with van der Waals surface area (Å²) in [6.07, 6.45) is 0.411. The van der Waals surface area contributed by atoms with Crippen LogP contribution >= 0.6 is 11.6 Å². The van der Waals surface area contributed by atoms with Gasteiger partial charge in [0.1, 0.15) is 11.6 Å². The summed E-state index contributed by atoms with van der Waals surface area (Å²) >= 11 is 6.00. The van der Waals surface area contributed by atoms with Gasteiger partial charge in [-0.2, -0.15) is 0 Å². The van der Waals surface area contributed by atoms with Crippen LogP contribution in [-0.4, -0.2) is 16.9 Å². The number of ketones is 1. The van der Waals surface area contributed by atoms with Crippen LogP contribution in [0, 0.1) is 17.0 Å². The summed E-state index contributed by atoms with van der Waals surface area (Å²) in [7, 11) is 0. The standard InChI is InChI=1S/C26H22ClF2NO3/c1-26(2)13-17-10-15(25(32)33)4-8-22(17)30-24(26)14-3-7-21(29)16(9-14)11-23(31)19-6-5-18(28)12-20(19)27/h3-10,12,24,30H,11,13H2,1-2H3,(H,32,33). The van der Waals surface area contributed by atoms with E-state index in [4.69, 9.17) is 11.6 Å². The van der Waals surface area contributed by atoms with Crippen LogP contribution in [0.15, 0.2) is 54.6 Å². The van der Waals surface area contributed by atoms with Gasteiger partial charge in [-0.25, -0.2) is 13.6 Å². The molecule has 4 rings (SSSR count). The number of halogens is 3. The predicted octanol–water partition coefficient (Wildman–Crippen LogP) is 6.48. The van der Waals surface area contributed by atoms with Crippen LogP contribution < -0.4 is 5.32 Å². The minimum Gasteiger partial charge on any atom is -0.478 e. The van der Waals surface area contributed by atoms with Gasteiger partial charge in [0.05, 0.1) is 16.6 Å². The Hall–Kier alpha value is -3.25. The molecule has 0 fully saturated rings. The van der Waals surface area contributed by atoms with Gasteiger partial charge in [0, 0.05) is 17.7 Å². The maximum Gasteiger partial charge on any atom is 0.335 e. The highest BCUT2D eigenvalue weighted by molar-refractivity contribution is 6.34. The number of hydrogen-bond acceptors (Lipinski definition) is 3. The lowest BCUT2D eigenvalue weighted by Crippen LogP contribution is -2.35. The van der Waals surface area contributed by atoms with Crippen molar-refractivity contribution in [3.8, 4) is 0 Å². The molecule has 3 aromatic rings. The molecule has 1 atom stereocenters. The van der Waals surface area contributed by atoms with E-state index >= 15 is 0 Å². The van der Waals surface area contributed by atoms with Gasteiger partial charge in [-0.3, -0.25) is 4.79 Å². The maximum absolute atomic E-state index is 14.6. The van der Waals surface area contributed by atoms with Crippen LogP contribution in [0.1, 0.15) is 57.3 Å². The highest BCUT2D eigenvalue weighted by Gasteiger charge is 2.36. The van der Waals surface area contributed by atoms with Crippen molar-refractivity contribution in [2.45, 2.75) is 32.7 Å². The summed E-state index contributed by atoms with van der Waals surface area (Å²) in [5.74, 6) is -2.44. The van der Waals surface area contributed by atoms with Crippen molar-refractivity contribution < 1.29 is 23.5 Å². The maximum atomic E-state index is 14.6. The Morgan fingerprint density at radius 3 is 2.55 bits per heavy atom. The summed E-state index contributed by atoms with van der Waals surface area (Å²) < 4.78 is 27.9. The molecule has 0 aromatic heterocycles. The van der Waals surface area contributed by atoms with Gasteiger partial charge < -0.3 is 10.4 Å². The number of carboxylic acids is 1. The Labute approximate surface area is 195 Å². The Bertz CT molecular complexity index is 1270. The number of carboxylic acid groups (broad SMARTS) is 1. The fraction of sp³-hybridized carbons (Fsp3) is 0.231. The zero-order valence-corrected chi connectivity index (χ0v) is 18.8. The fourth-order valence-corrected chi connectivity index (χ4v) is 4.66. The number of nitrogens with one attached hydrogen (secondary N) is 1. The lowest BCUT2D eigenvalue weighted by molar-refractivity contribution is 0.0696. The highest BCUT2D eigenvalue weighted by Crippen LogP contribution is 2.45. The molecule has 170 valence electrons. The number of Topliss-reactive ketones (excluding diaryl/α,β-unsaturated/α-hetero) is 1. The molecule has 0 spiro atoms. The van der Waals surface area contributed by atoms with E-state index in [1.807, 2.05) is 13.8 Å². The zero-order valence-electron chi connectivity index (χ0n) is 18.1. The van der Waals surface area contributed by atoms with Crippen LogP contribution in [-0.2, 0) is 12.8 Å². The van der Waals surface area contributed by atoms with Crippen molar-refractivity contribution in [2.75, 3.05) is 5.32 Å². The lowest BCUT2D eigenvalue weighted by Gasteiger charge is -2.41. The summed E-state index contributed by atoms with van der Waals surface area (Å²) in [6, 6.07) is 13.0. The second kappa shape index (κ2) is 8.60. The van der Waals surface area contributed by atoms with E-state index in [0.717, 1.165) is 28.9 Å². The molecular weight excluding hydrogens is 448 g/mol. The number of carbonyl (C=O) groups excluding carboxylic acids is 1. The van der Waals surface area contributed by atoms with Crippen molar-refractivity contribution in [3.63, 3.8) is 0 Å². The van der Waals surface area contributed by atoms with E-state index < -0.39 is 23.4 Å². The Morgan fingerprint density at radius 1 is 1.09 bits per heavy atom. The molecule has 3 aromatic carbocycles. The summed E-state index contributed by atoms with van der Waals surface area (Å²) in [6.45, 7) is 4.10. The minimum absolute atomic E-state index is 0.0102. The number of benzene rings is 3. The van der Waals surface area contributed by atoms with Crippen molar-refractivity contribution in [1.29, 1.82) is 0 Å². The topological polar surface area (TPSA) is 66.4 Å².